The first kappa shape index (κ1) is 21.2. The quantitative estimate of drug-likeness (QED) is 0.603. The van der Waals surface area contributed by atoms with Crippen molar-refractivity contribution < 1.29 is 9.21 Å². The monoisotopic (exact) mass is 450 g/mol. The van der Waals surface area contributed by atoms with Gasteiger partial charge in [0.2, 0.25) is 5.89 Å². The lowest BCUT2D eigenvalue weighted by atomic mass is 10.1. The lowest BCUT2D eigenvalue weighted by Gasteiger charge is -2.34. The molecule has 32 heavy (non-hydrogen) atoms. The molecular weight excluding hydrogens is 424 g/mol. The van der Waals surface area contributed by atoms with Crippen LogP contribution in [0.2, 0.25) is 5.02 Å². The number of aromatic nitrogens is 1. The lowest BCUT2D eigenvalue weighted by Crippen LogP contribution is -2.45. The van der Waals surface area contributed by atoms with Crippen LogP contribution in [0.25, 0.3) is 0 Å². The molecule has 0 spiro atoms. The number of anilines is 1. The maximum atomic E-state index is 12.6. The van der Waals surface area contributed by atoms with Gasteiger partial charge in [-0.25, -0.2) is 4.98 Å². The van der Waals surface area contributed by atoms with Crippen LogP contribution in [0.3, 0.4) is 0 Å². The van der Waals surface area contributed by atoms with E-state index in [2.05, 4.69) is 38.3 Å². The number of aryl methyl sites for hydroxylation is 2. The zero-order chi connectivity index (χ0) is 21.9. The molecule has 0 radical (unpaired) electrons. The van der Waals surface area contributed by atoms with Crippen molar-refractivity contribution >= 4 is 23.2 Å². The number of carbonyl (C=O) groups is 1. The molecule has 5 rings (SSSR count). The molecule has 6 nitrogen and oxygen atoms in total. The maximum Gasteiger partial charge on any atom is 0.277 e. The van der Waals surface area contributed by atoms with E-state index in [0.29, 0.717) is 18.1 Å². The van der Waals surface area contributed by atoms with Gasteiger partial charge in [-0.1, -0.05) is 35.9 Å². The molecule has 2 heterocycles. The van der Waals surface area contributed by atoms with Crippen LogP contribution < -0.4 is 5.32 Å². The first-order chi connectivity index (χ1) is 15.6. The summed E-state index contributed by atoms with van der Waals surface area (Å²) in [6.07, 6.45) is 4.85. The SMILES string of the molecule is O=C(Nc1ccc2c(c1)CCC2)c1coc(CN2CCN(Cc3ccccc3Cl)CC2)n1. The zero-order valence-corrected chi connectivity index (χ0v) is 18.8. The number of piperazine rings is 1. The number of oxazole rings is 1. The molecule has 3 aromatic rings. The minimum Gasteiger partial charge on any atom is -0.447 e. The van der Waals surface area contributed by atoms with Crippen LogP contribution in [0.5, 0.6) is 0 Å². The summed E-state index contributed by atoms with van der Waals surface area (Å²) in [6, 6.07) is 14.1. The Hall–Kier alpha value is -2.67. The largest absolute Gasteiger partial charge is 0.447 e. The fourth-order valence-electron chi connectivity index (χ4n) is 4.50. The van der Waals surface area contributed by atoms with Crippen molar-refractivity contribution in [3.05, 3.63) is 82.0 Å². The Kier molecular flexibility index (Phi) is 6.26. The van der Waals surface area contributed by atoms with Crippen molar-refractivity contribution in [2.45, 2.75) is 32.4 Å². The molecule has 0 unspecified atom stereocenters. The van der Waals surface area contributed by atoms with Crippen molar-refractivity contribution in [3.63, 3.8) is 0 Å². The molecule has 1 amide bonds. The first-order valence-electron chi connectivity index (χ1n) is 11.2. The molecule has 1 fully saturated rings. The van der Waals surface area contributed by atoms with Crippen molar-refractivity contribution in [2.24, 2.45) is 0 Å². The Balaban J connectivity index is 1.12. The van der Waals surface area contributed by atoms with E-state index in [9.17, 15) is 4.79 Å². The van der Waals surface area contributed by atoms with E-state index in [0.717, 1.165) is 61.8 Å². The second-order valence-corrected chi connectivity index (χ2v) is 8.97. The van der Waals surface area contributed by atoms with Gasteiger partial charge in [0.1, 0.15) is 6.26 Å². The highest BCUT2D eigenvalue weighted by molar-refractivity contribution is 6.31. The first-order valence-corrected chi connectivity index (χ1v) is 11.6. The van der Waals surface area contributed by atoms with Crippen molar-refractivity contribution in [3.8, 4) is 0 Å². The Morgan fingerprint density at radius 1 is 1.00 bits per heavy atom. The number of fused-ring (bicyclic) bond motifs is 1. The van der Waals surface area contributed by atoms with E-state index >= 15 is 0 Å². The van der Waals surface area contributed by atoms with Crippen LogP contribution in [0.15, 0.2) is 53.1 Å². The zero-order valence-electron chi connectivity index (χ0n) is 18.0. The standard InChI is InChI=1S/C25H27ClN4O2/c26-22-7-2-1-4-20(22)15-29-10-12-30(13-11-29)16-24-28-23(17-32-24)25(31)27-21-9-8-18-5-3-6-19(18)14-21/h1-2,4,7-9,14,17H,3,5-6,10-13,15-16H2,(H,27,31). The van der Waals surface area contributed by atoms with Gasteiger partial charge in [0.25, 0.3) is 5.91 Å². The molecule has 2 aliphatic rings. The summed E-state index contributed by atoms with van der Waals surface area (Å²) in [5, 5.41) is 3.77. The van der Waals surface area contributed by atoms with E-state index in [1.165, 1.54) is 23.8 Å². The minimum absolute atomic E-state index is 0.234. The van der Waals surface area contributed by atoms with E-state index < -0.39 is 0 Å². The summed E-state index contributed by atoms with van der Waals surface area (Å²) in [6.45, 7) is 5.22. The Bertz CT molecular complexity index is 1100. The van der Waals surface area contributed by atoms with Gasteiger partial charge < -0.3 is 9.73 Å². The van der Waals surface area contributed by atoms with E-state index in [-0.39, 0.29) is 5.91 Å². The Morgan fingerprint density at radius 3 is 2.56 bits per heavy atom. The van der Waals surface area contributed by atoms with Gasteiger partial charge >= 0.3 is 0 Å². The number of amides is 1. The maximum absolute atomic E-state index is 12.6. The highest BCUT2D eigenvalue weighted by Gasteiger charge is 2.21. The van der Waals surface area contributed by atoms with E-state index in [1.54, 1.807) is 0 Å². The van der Waals surface area contributed by atoms with E-state index in [1.807, 2.05) is 24.3 Å². The average molecular weight is 451 g/mol. The molecule has 1 saturated heterocycles. The third kappa shape index (κ3) is 4.88. The van der Waals surface area contributed by atoms with Gasteiger partial charge in [-0.05, 0) is 54.2 Å². The lowest BCUT2D eigenvalue weighted by molar-refractivity contribution is 0.102. The smallest absolute Gasteiger partial charge is 0.277 e. The normalized spacial score (nSPS) is 16.8. The van der Waals surface area contributed by atoms with Gasteiger partial charge in [-0.15, -0.1) is 0 Å². The highest BCUT2D eigenvalue weighted by Crippen LogP contribution is 2.25. The third-order valence-electron chi connectivity index (χ3n) is 6.32. The van der Waals surface area contributed by atoms with Crippen molar-refractivity contribution in [1.82, 2.24) is 14.8 Å². The number of carbonyl (C=O) groups excluding carboxylic acids is 1. The molecule has 0 bridgehead atoms. The summed E-state index contributed by atoms with van der Waals surface area (Å²) >= 11 is 6.29. The van der Waals surface area contributed by atoms with Crippen LogP contribution >= 0.6 is 11.6 Å². The van der Waals surface area contributed by atoms with Crippen LogP contribution in [0, 0.1) is 0 Å². The van der Waals surface area contributed by atoms with Crippen LogP contribution in [0.1, 0.15) is 39.5 Å². The Labute approximate surface area is 193 Å². The number of hydrogen-bond acceptors (Lipinski definition) is 5. The minimum atomic E-state index is -0.234. The third-order valence-corrected chi connectivity index (χ3v) is 6.69. The molecular formula is C25H27ClN4O2. The molecule has 2 aromatic carbocycles. The number of hydrogen-bond donors (Lipinski definition) is 1. The van der Waals surface area contributed by atoms with Gasteiger partial charge in [0.05, 0.1) is 6.54 Å². The summed E-state index contributed by atoms with van der Waals surface area (Å²) < 4.78 is 5.59. The predicted molar refractivity (Wildman–Crippen MR) is 125 cm³/mol. The molecule has 166 valence electrons. The second-order valence-electron chi connectivity index (χ2n) is 8.56. The number of halogens is 1. The predicted octanol–water partition coefficient (Wildman–Crippen LogP) is 4.39. The summed E-state index contributed by atoms with van der Waals surface area (Å²) in [7, 11) is 0. The molecule has 0 saturated carbocycles. The summed E-state index contributed by atoms with van der Waals surface area (Å²) in [4.78, 5) is 21.7. The van der Waals surface area contributed by atoms with E-state index in [4.69, 9.17) is 16.0 Å². The van der Waals surface area contributed by atoms with Crippen LogP contribution in [-0.2, 0) is 25.9 Å². The van der Waals surface area contributed by atoms with Gasteiger partial charge in [-0.3, -0.25) is 14.6 Å². The highest BCUT2D eigenvalue weighted by atomic mass is 35.5. The van der Waals surface area contributed by atoms with Gasteiger partial charge in [0.15, 0.2) is 5.69 Å². The van der Waals surface area contributed by atoms with Crippen LogP contribution in [-0.4, -0.2) is 46.9 Å². The number of nitrogens with one attached hydrogen (secondary N) is 1. The van der Waals surface area contributed by atoms with Gasteiger partial charge in [0, 0.05) is 43.4 Å². The molecule has 7 heteroatoms. The number of nitrogens with zero attached hydrogens (tertiary/aromatic N) is 3. The molecule has 1 aromatic heterocycles. The Morgan fingerprint density at radius 2 is 1.75 bits per heavy atom. The fourth-order valence-corrected chi connectivity index (χ4v) is 4.69. The average Bonchev–Trinajstić information content (AvgIpc) is 3.46. The molecule has 1 aliphatic heterocycles. The fraction of sp³-hybridized carbons (Fsp3) is 0.360. The van der Waals surface area contributed by atoms with Crippen molar-refractivity contribution in [1.29, 1.82) is 0 Å². The topological polar surface area (TPSA) is 61.6 Å². The molecule has 1 aliphatic carbocycles. The van der Waals surface area contributed by atoms with Crippen molar-refractivity contribution in [2.75, 3.05) is 31.5 Å². The summed E-state index contributed by atoms with van der Waals surface area (Å²) in [5.74, 6) is 0.339. The molecule has 0 atom stereocenters. The number of rotatable bonds is 6. The second kappa shape index (κ2) is 9.45. The summed E-state index contributed by atoms with van der Waals surface area (Å²) in [5.41, 5.74) is 5.01. The van der Waals surface area contributed by atoms with Gasteiger partial charge in [-0.2, -0.15) is 0 Å². The number of benzene rings is 2. The molecule has 1 N–H and O–H groups in total. The van der Waals surface area contributed by atoms with Crippen LogP contribution in [0.4, 0.5) is 5.69 Å².